The molecule has 2 bridgehead atoms. The van der Waals surface area contributed by atoms with Crippen LogP contribution in [0.1, 0.15) is 6.42 Å². The van der Waals surface area contributed by atoms with Gasteiger partial charge in [-0.2, -0.15) is 13.2 Å². The van der Waals surface area contributed by atoms with Crippen LogP contribution in [-0.2, 0) is 9.59 Å². The molecule has 0 aromatic carbocycles. The van der Waals surface area contributed by atoms with Crippen molar-refractivity contribution in [1.82, 2.24) is 5.32 Å². The monoisotopic (exact) mass is 248 g/mol. The Bertz CT molecular complexity index is 392. The highest BCUT2D eigenvalue weighted by Crippen LogP contribution is 2.43. The molecule has 2 rings (SSSR count). The SMILES string of the molecule is NC(=O)C1C(NC(=O)C(F)(F)F)[C@@H]2C=C[C@H]1C2. The molecule has 1 fully saturated rings. The Balaban J connectivity index is 2.13. The zero-order valence-corrected chi connectivity index (χ0v) is 8.70. The predicted octanol–water partition coefficient (Wildman–Crippen LogP) is 0.341. The summed E-state index contributed by atoms with van der Waals surface area (Å²) < 4.78 is 36.4. The van der Waals surface area contributed by atoms with E-state index in [1.54, 1.807) is 12.2 Å². The zero-order chi connectivity index (χ0) is 12.8. The number of carbonyl (C=O) groups excluding carboxylic acids is 2. The van der Waals surface area contributed by atoms with Crippen molar-refractivity contribution in [3.63, 3.8) is 0 Å². The molecule has 2 amide bonds. The Hall–Kier alpha value is -1.53. The number of nitrogens with one attached hydrogen (secondary N) is 1. The number of hydrogen-bond donors (Lipinski definition) is 2. The predicted molar refractivity (Wildman–Crippen MR) is 51.4 cm³/mol. The lowest BCUT2D eigenvalue weighted by molar-refractivity contribution is -0.175. The van der Waals surface area contributed by atoms with Crippen LogP contribution in [0.25, 0.3) is 0 Å². The summed E-state index contributed by atoms with van der Waals surface area (Å²) in [5.74, 6) is -3.82. The van der Waals surface area contributed by atoms with Gasteiger partial charge in [0.05, 0.1) is 5.92 Å². The smallest absolute Gasteiger partial charge is 0.369 e. The molecule has 7 heteroatoms. The molecule has 0 saturated heterocycles. The van der Waals surface area contributed by atoms with E-state index in [2.05, 4.69) is 0 Å². The number of nitrogens with two attached hydrogens (primary N) is 1. The summed E-state index contributed by atoms with van der Waals surface area (Å²) in [6.45, 7) is 0. The maximum atomic E-state index is 12.1. The molecule has 0 radical (unpaired) electrons. The molecule has 4 atom stereocenters. The summed E-state index contributed by atoms with van der Waals surface area (Å²) in [5, 5.41) is 1.87. The van der Waals surface area contributed by atoms with Crippen LogP contribution in [0.5, 0.6) is 0 Å². The fourth-order valence-electron chi connectivity index (χ4n) is 2.64. The van der Waals surface area contributed by atoms with Gasteiger partial charge in [-0.1, -0.05) is 12.2 Å². The van der Waals surface area contributed by atoms with Crippen molar-refractivity contribution in [2.45, 2.75) is 18.6 Å². The van der Waals surface area contributed by atoms with Gasteiger partial charge in [0.15, 0.2) is 0 Å². The van der Waals surface area contributed by atoms with Crippen molar-refractivity contribution in [3.05, 3.63) is 12.2 Å². The highest BCUT2D eigenvalue weighted by atomic mass is 19.4. The summed E-state index contributed by atoms with van der Waals surface area (Å²) in [6.07, 6.45) is -0.869. The Morgan fingerprint density at radius 3 is 2.35 bits per heavy atom. The highest BCUT2D eigenvalue weighted by molar-refractivity contribution is 5.84. The van der Waals surface area contributed by atoms with E-state index in [0.717, 1.165) is 0 Å². The van der Waals surface area contributed by atoms with Crippen LogP contribution >= 0.6 is 0 Å². The average molecular weight is 248 g/mol. The van der Waals surface area contributed by atoms with E-state index in [0.29, 0.717) is 6.42 Å². The molecule has 3 N–H and O–H groups in total. The van der Waals surface area contributed by atoms with Crippen LogP contribution in [-0.4, -0.2) is 24.0 Å². The van der Waals surface area contributed by atoms with Gasteiger partial charge in [0.1, 0.15) is 0 Å². The number of halogens is 3. The first-order valence-electron chi connectivity index (χ1n) is 5.16. The standard InChI is InChI=1S/C10H11F3N2O2/c11-10(12,13)9(17)15-7-5-2-1-4(3-5)6(7)8(14)16/h1-2,4-7H,3H2,(H2,14,16)(H,15,17)/t4-,5+,6?,7?/m0/s1. The molecule has 17 heavy (non-hydrogen) atoms. The Labute approximate surface area is 95.0 Å². The molecule has 4 nitrogen and oxygen atoms in total. The van der Waals surface area contributed by atoms with Crippen LogP contribution in [0.15, 0.2) is 12.2 Å². The molecule has 0 aliphatic heterocycles. The largest absolute Gasteiger partial charge is 0.471 e. The molecule has 0 aromatic heterocycles. The average Bonchev–Trinajstić information content (AvgIpc) is 2.75. The second-order valence-corrected chi connectivity index (χ2v) is 4.37. The van der Waals surface area contributed by atoms with Gasteiger partial charge in [0.2, 0.25) is 5.91 Å². The van der Waals surface area contributed by atoms with E-state index in [1.165, 1.54) is 0 Å². The maximum Gasteiger partial charge on any atom is 0.471 e. The molecule has 2 aliphatic rings. The van der Waals surface area contributed by atoms with Crippen molar-refractivity contribution >= 4 is 11.8 Å². The molecule has 94 valence electrons. The number of fused-ring (bicyclic) bond motifs is 2. The van der Waals surface area contributed by atoms with E-state index in [1.807, 2.05) is 5.32 Å². The number of hydrogen-bond acceptors (Lipinski definition) is 2. The van der Waals surface area contributed by atoms with E-state index < -0.39 is 30.0 Å². The van der Waals surface area contributed by atoms with Crippen LogP contribution in [0.2, 0.25) is 0 Å². The number of rotatable bonds is 2. The fourth-order valence-corrected chi connectivity index (χ4v) is 2.64. The lowest BCUT2D eigenvalue weighted by Crippen LogP contribution is -2.51. The molecule has 2 unspecified atom stereocenters. The van der Waals surface area contributed by atoms with Gasteiger partial charge >= 0.3 is 12.1 Å². The van der Waals surface area contributed by atoms with Crippen LogP contribution in [0, 0.1) is 17.8 Å². The molecule has 0 heterocycles. The molecule has 0 spiro atoms. The van der Waals surface area contributed by atoms with Gasteiger partial charge in [-0.3, -0.25) is 9.59 Å². The van der Waals surface area contributed by atoms with E-state index in [4.69, 9.17) is 5.73 Å². The number of primary amides is 1. The summed E-state index contributed by atoms with van der Waals surface area (Å²) in [7, 11) is 0. The first-order valence-corrected chi connectivity index (χ1v) is 5.16. The quantitative estimate of drug-likeness (QED) is 0.692. The van der Waals surface area contributed by atoms with Crippen molar-refractivity contribution in [3.8, 4) is 0 Å². The second-order valence-electron chi connectivity index (χ2n) is 4.37. The van der Waals surface area contributed by atoms with Gasteiger partial charge in [-0.05, 0) is 18.3 Å². The van der Waals surface area contributed by atoms with Crippen molar-refractivity contribution in [1.29, 1.82) is 0 Å². The number of carbonyl (C=O) groups is 2. The summed E-state index contributed by atoms with van der Waals surface area (Å²) in [5.41, 5.74) is 5.15. The van der Waals surface area contributed by atoms with E-state index in [9.17, 15) is 22.8 Å². The van der Waals surface area contributed by atoms with Gasteiger partial charge in [0.25, 0.3) is 0 Å². The van der Waals surface area contributed by atoms with Gasteiger partial charge in [-0.15, -0.1) is 0 Å². The lowest BCUT2D eigenvalue weighted by Gasteiger charge is -2.26. The first kappa shape index (κ1) is 11.9. The normalized spacial score (nSPS) is 35.0. The second kappa shape index (κ2) is 3.75. The minimum atomic E-state index is -4.94. The van der Waals surface area contributed by atoms with Crippen molar-refractivity contribution < 1.29 is 22.8 Å². The van der Waals surface area contributed by atoms with Crippen LogP contribution in [0.4, 0.5) is 13.2 Å². The van der Waals surface area contributed by atoms with Gasteiger partial charge < -0.3 is 11.1 Å². The fraction of sp³-hybridized carbons (Fsp3) is 0.600. The van der Waals surface area contributed by atoms with Crippen molar-refractivity contribution in [2.24, 2.45) is 23.5 Å². The minimum Gasteiger partial charge on any atom is -0.369 e. The summed E-state index contributed by atoms with van der Waals surface area (Å²) >= 11 is 0. The Morgan fingerprint density at radius 1 is 1.24 bits per heavy atom. The van der Waals surface area contributed by atoms with Gasteiger partial charge in [-0.25, -0.2) is 0 Å². The van der Waals surface area contributed by atoms with Crippen molar-refractivity contribution in [2.75, 3.05) is 0 Å². The van der Waals surface area contributed by atoms with E-state index in [-0.39, 0.29) is 11.8 Å². The van der Waals surface area contributed by atoms with Crippen LogP contribution < -0.4 is 11.1 Å². The van der Waals surface area contributed by atoms with Crippen LogP contribution in [0.3, 0.4) is 0 Å². The first-order chi connectivity index (χ1) is 7.80. The molecular weight excluding hydrogens is 237 g/mol. The Kier molecular flexibility index (Phi) is 2.63. The maximum absolute atomic E-state index is 12.1. The number of amides is 2. The third kappa shape index (κ3) is 2.01. The third-order valence-electron chi connectivity index (χ3n) is 3.34. The molecule has 0 aromatic rings. The topological polar surface area (TPSA) is 72.2 Å². The number of allylic oxidation sites excluding steroid dienone is 1. The number of alkyl halides is 3. The van der Waals surface area contributed by atoms with Gasteiger partial charge in [0, 0.05) is 6.04 Å². The molecule has 2 aliphatic carbocycles. The Morgan fingerprint density at radius 2 is 1.82 bits per heavy atom. The summed E-state index contributed by atoms with van der Waals surface area (Å²) in [4.78, 5) is 22.0. The minimum absolute atomic E-state index is 0.156. The highest BCUT2D eigenvalue weighted by Gasteiger charge is 2.50. The lowest BCUT2D eigenvalue weighted by atomic mass is 9.88. The van der Waals surface area contributed by atoms with E-state index >= 15 is 0 Å². The third-order valence-corrected chi connectivity index (χ3v) is 3.34. The zero-order valence-electron chi connectivity index (χ0n) is 8.70. The molecule has 1 saturated carbocycles. The summed E-state index contributed by atoms with van der Waals surface area (Å²) in [6, 6.07) is -0.836. The molecular formula is C10H11F3N2O2.